The van der Waals surface area contributed by atoms with E-state index < -0.39 is 29.5 Å². The van der Waals surface area contributed by atoms with Gasteiger partial charge >= 0.3 is 12.1 Å². The molecule has 3 rings (SSSR count). The Balaban J connectivity index is 1.88. The normalized spacial score (nSPS) is 17.4. The highest BCUT2D eigenvalue weighted by Crippen LogP contribution is 2.30. The molecule has 1 aliphatic heterocycles. The van der Waals surface area contributed by atoms with Gasteiger partial charge in [-0.3, -0.25) is 20.0 Å². The second-order valence-corrected chi connectivity index (χ2v) is 15.6. The van der Waals surface area contributed by atoms with E-state index in [1.54, 1.807) is 18.2 Å². The number of unbranched alkanes of at least 4 members (excludes halogenated alkanes) is 1. The first-order valence-corrected chi connectivity index (χ1v) is 20.5. The van der Waals surface area contributed by atoms with Crippen LogP contribution in [0.4, 0.5) is 9.59 Å². The van der Waals surface area contributed by atoms with Crippen LogP contribution in [0.1, 0.15) is 116 Å². The van der Waals surface area contributed by atoms with Crippen LogP contribution in [0.5, 0.6) is 0 Å². The largest absolute Gasteiger partial charge is 0.393 e. The van der Waals surface area contributed by atoms with E-state index >= 15 is 0 Å². The summed E-state index contributed by atoms with van der Waals surface area (Å²) in [5.74, 6) is -1.11. The Morgan fingerprint density at radius 2 is 1.76 bits per heavy atom. The second-order valence-electron chi connectivity index (χ2n) is 15.6. The summed E-state index contributed by atoms with van der Waals surface area (Å²) in [7, 11) is 1.57. The number of nitriles is 1. The average Bonchev–Trinajstić information content (AvgIpc) is 3.19. The van der Waals surface area contributed by atoms with Gasteiger partial charge in [-0.2, -0.15) is 5.26 Å². The number of benzene rings is 1. The van der Waals surface area contributed by atoms with Crippen molar-refractivity contribution in [3.63, 3.8) is 0 Å². The maximum atomic E-state index is 14.8. The Labute approximate surface area is 328 Å². The number of hydrogen-bond acceptors (Lipinski definition) is 8. The van der Waals surface area contributed by atoms with Crippen LogP contribution in [0.25, 0.3) is 0 Å². The fraction of sp³-hybridized carbons (Fsp3) is 0.732. The monoisotopic (exact) mass is 770 g/mol. The predicted molar refractivity (Wildman–Crippen MR) is 210 cm³/mol. The fourth-order valence-electron chi connectivity index (χ4n) is 7.69. The number of methoxy groups -OCH3 is 1. The van der Waals surface area contributed by atoms with Crippen molar-refractivity contribution in [3.8, 4) is 6.19 Å². The molecule has 14 heteroatoms. The molecule has 1 saturated carbocycles. The number of carbonyl (C=O) groups excluding carboxylic acids is 4. The predicted octanol–water partition coefficient (Wildman–Crippen LogP) is 5.37. The van der Waals surface area contributed by atoms with E-state index in [1.807, 2.05) is 56.4 Å². The summed E-state index contributed by atoms with van der Waals surface area (Å²) in [4.78, 5) is 57.1. The van der Waals surface area contributed by atoms with Crippen molar-refractivity contribution in [2.75, 3.05) is 40.1 Å². The lowest BCUT2D eigenvalue weighted by atomic mass is 9.83. The Hall–Kier alpha value is -3.93. The third-order valence-corrected chi connectivity index (χ3v) is 11.1. The van der Waals surface area contributed by atoms with E-state index in [2.05, 4.69) is 16.1 Å². The molecule has 14 nitrogen and oxygen atoms in total. The van der Waals surface area contributed by atoms with Gasteiger partial charge < -0.3 is 30.1 Å². The van der Waals surface area contributed by atoms with Gasteiger partial charge in [0.15, 0.2) is 6.19 Å². The minimum absolute atomic E-state index is 0.0293. The van der Waals surface area contributed by atoms with Crippen molar-refractivity contribution in [3.05, 3.63) is 35.9 Å². The van der Waals surface area contributed by atoms with Gasteiger partial charge in [0.2, 0.25) is 5.91 Å². The standard InChI is InChI=1S/C41H67N7O7/c1-5-6-22-41(23-19-33-15-11-8-12-16-33,45-40(53)47-25-20-35(21-26-47)55-30-54-4)38(51)46-48(27-24-43-39(52)44-29-42)37(50)36(31(2)3)28-34(49)18-17-32-13-9-7-10-14-32/h8,11-12,15-16,31-32,34-36,49H,5-7,9-10,13-14,17-28,30H2,1-4H3,(H,45,53)(H,46,51)(H2,43,44,52)/t34-,36-,41+/m0/s1. The first-order chi connectivity index (χ1) is 26.5. The highest BCUT2D eigenvalue weighted by Gasteiger charge is 2.42. The SMILES string of the molecule is CCCC[C@](CCc1ccccc1)(NC(=O)N1CCC(OCOC)CC1)C(=O)NN(CCNC(=O)NC#N)C(=O)[C@@H](C[C@@H](O)CCC1CCCCC1)C(C)C. The molecule has 55 heavy (non-hydrogen) atoms. The molecule has 1 aromatic rings. The summed E-state index contributed by atoms with van der Waals surface area (Å²) in [6, 6.07) is 8.66. The minimum Gasteiger partial charge on any atom is -0.393 e. The van der Waals surface area contributed by atoms with Crippen molar-refractivity contribution >= 4 is 23.9 Å². The molecule has 1 saturated heterocycles. The summed E-state index contributed by atoms with van der Waals surface area (Å²) in [6.45, 7) is 6.78. The average molecular weight is 770 g/mol. The number of aliphatic hydroxyl groups is 1. The molecule has 3 atom stereocenters. The number of amides is 6. The third kappa shape index (κ3) is 15.6. The van der Waals surface area contributed by atoms with Crippen LogP contribution in [0, 0.1) is 29.2 Å². The number of hydrazine groups is 1. The molecule has 308 valence electrons. The van der Waals surface area contributed by atoms with Crippen molar-refractivity contribution in [1.29, 1.82) is 5.26 Å². The number of rotatable bonds is 21. The molecule has 0 radical (unpaired) electrons. The van der Waals surface area contributed by atoms with E-state index in [1.165, 1.54) is 37.1 Å². The van der Waals surface area contributed by atoms with E-state index in [0.29, 0.717) is 57.5 Å². The molecule has 0 spiro atoms. The van der Waals surface area contributed by atoms with Crippen molar-refractivity contribution < 1.29 is 33.8 Å². The van der Waals surface area contributed by atoms with Gasteiger partial charge in [0.05, 0.1) is 18.8 Å². The maximum Gasteiger partial charge on any atom is 0.328 e. The zero-order valence-electron chi connectivity index (χ0n) is 33.7. The fourth-order valence-corrected chi connectivity index (χ4v) is 7.69. The van der Waals surface area contributed by atoms with Crippen molar-refractivity contribution in [1.82, 2.24) is 31.3 Å². The highest BCUT2D eigenvalue weighted by molar-refractivity contribution is 5.93. The third-order valence-electron chi connectivity index (χ3n) is 11.1. The van der Waals surface area contributed by atoms with E-state index in [0.717, 1.165) is 18.4 Å². The second kappa shape index (κ2) is 24.6. The van der Waals surface area contributed by atoms with Crippen molar-refractivity contribution in [2.24, 2.45) is 17.8 Å². The van der Waals surface area contributed by atoms with E-state index in [-0.39, 0.29) is 56.7 Å². The molecule has 0 aromatic heterocycles. The van der Waals surface area contributed by atoms with Crippen LogP contribution >= 0.6 is 0 Å². The summed E-state index contributed by atoms with van der Waals surface area (Å²) in [5.41, 5.74) is 2.52. The van der Waals surface area contributed by atoms with E-state index in [9.17, 15) is 24.3 Å². The van der Waals surface area contributed by atoms with Gasteiger partial charge in [0.1, 0.15) is 12.3 Å². The maximum absolute atomic E-state index is 14.8. The molecule has 6 amide bonds. The number of ether oxygens (including phenoxy) is 2. The molecule has 1 aromatic carbocycles. The molecular weight excluding hydrogens is 702 g/mol. The van der Waals surface area contributed by atoms with Crippen LogP contribution in [0.2, 0.25) is 0 Å². The smallest absolute Gasteiger partial charge is 0.328 e. The Kier molecular flexibility index (Phi) is 20.3. The van der Waals surface area contributed by atoms with Gasteiger partial charge in [-0.15, -0.1) is 0 Å². The molecule has 1 aliphatic carbocycles. The topological polar surface area (TPSA) is 185 Å². The lowest BCUT2D eigenvalue weighted by Gasteiger charge is -2.40. The first kappa shape index (κ1) is 45.5. The molecular formula is C41H67N7O7. The number of piperidine rings is 1. The zero-order valence-corrected chi connectivity index (χ0v) is 33.7. The molecule has 2 aliphatic rings. The number of aliphatic hydroxyl groups excluding tert-OH is 1. The number of hydrogen-bond donors (Lipinski definition) is 5. The number of likely N-dealkylation sites (tertiary alicyclic amines) is 1. The number of urea groups is 2. The summed E-state index contributed by atoms with van der Waals surface area (Å²) >= 11 is 0. The number of aryl methyl sites for hydroxylation is 1. The summed E-state index contributed by atoms with van der Waals surface area (Å²) in [5, 5.41) is 29.0. The van der Waals surface area contributed by atoms with Gasteiger partial charge in [-0.25, -0.2) is 14.9 Å². The lowest BCUT2D eigenvalue weighted by Crippen LogP contribution is -2.65. The van der Waals surface area contributed by atoms with Crippen LogP contribution in [-0.4, -0.2) is 96.7 Å². The molecule has 0 bridgehead atoms. The number of nitrogens with one attached hydrogen (secondary N) is 4. The van der Waals surface area contributed by atoms with Gasteiger partial charge in [-0.1, -0.05) is 96.0 Å². The Morgan fingerprint density at radius 1 is 1.05 bits per heavy atom. The highest BCUT2D eigenvalue weighted by atomic mass is 16.7. The van der Waals surface area contributed by atoms with Gasteiger partial charge in [0.25, 0.3) is 5.91 Å². The Bertz CT molecular complexity index is 1350. The zero-order chi connectivity index (χ0) is 40.1. The summed E-state index contributed by atoms with van der Waals surface area (Å²) < 4.78 is 10.8. The minimum atomic E-state index is -1.39. The van der Waals surface area contributed by atoms with Gasteiger partial charge in [0, 0.05) is 32.7 Å². The van der Waals surface area contributed by atoms with Crippen molar-refractivity contribution in [2.45, 2.75) is 135 Å². The van der Waals surface area contributed by atoms with Gasteiger partial charge in [-0.05, 0) is 68.8 Å². The number of carbonyl (C=O) groups is 4. The number of nitrogens with zero attached hydrogens (tertiary/aromatic N) is 3. The molecule has 5 N–H and O–H groups in total. The van der Waals surface area contributed by atoms with Crippen LogP contribution in [-0.2, 0) is 25.5 Å². The molecule has 1 heterocycles. The quantitative estimate of drug-likeness (QED) is 0.0479. The van der Waals surface area contributed by atoms with E-state index in [4.69, 9.17) is 14.7 Å². The molecule has 2 fully saturated rings. The lowest BCUT2D eigenvalue weighted by molar-refractivity contribution is -0.149. The van der Waals surface area contributed by atoms with Crippen LogP contribution in [0.3, 0.4) is 0 Å². The first-order valence-electron chi connectivity index (χ1n) is 20.5. The van der Waals surface area contributed by atoms with Crippen LogP contribution < -0.4 is 21.4 Å². The van der Waals surface area contributed by atoms with Crippen LogP contribution in [0.15, 0.2) is 30.3 Å². The molecule has 0 unspecified atom stereocenters. The summed E-state index contributed by atoms with van der Waals surface area (Å²) in [6.07, 6.45) is 12.4. The Morgan fingerprint density at radius 3 is 2.40 bits per heavy atom.